The van der Waals surface area contributed by atoms with E-state index in [1.807, 2.05) is 50.4 Å². The van der Waals surface area contributed by atoms with Crippen LogP contribution in [0.2, 0.25) is 0 Å². The smallest absolute Gasteiger partial charge is 0.257 e. The lowest BCUT2D eigenvalue weighted by Gasteiger charge is -2.14. The third-order valence-electron chi connectivity index (χ3n) is 10.1. The summed E-state index contributed by atoms with van der Waals surface area (Å²) in [7, 11) is 0. The monoisotopic (exact) mass is 856 g/mol. The Hall–Kier alpha value is -9.04. The number of carbonyl (C=O) groups excluding carboxylic acids is 2. The van der Waals surface area contributed by atoms with Crippen LogP contribution in [0.15, 0.2) is 171 Å². The number of pyridine rings is 6. The van der Waals surface area contributed by atoms with Gasteiger partial charge in [-0.05, 0) is 128 Å². The molecule has 0 aliphatic rings. The molecule has 0 atom stereocenters. The standard InChI is InChI=1S/C51H40N10O4/c1-32-29-55-46-27-34(3-14-45(46)49(32)59-37-7-4-35(5-8-37)50(62)60-38-9-12-42(13-10-38)64-43-18-21-52-22-19-43)26-41-28-44(20-24-54-41)65-48-16-11-40(31-57-48)61-51(63)36-6-15-47(56-30-36)58-39-17-23-53-33(2)25-39/h3-25,27-31H,26H2,1-2H3,(H,55,59)(H,60,62)(H,61,63)(H,53,56,58). The van der Waals surface area contributed by atoms with E-state index in [1.54, 1.807) is 104 Å². The van der Waals surface area contributed by atoms with Gasteiger partial charge in [-0.25, -0.2) is 9.97 Å². The van der Waals surface area contributed by atoms with Crippen LogP contribution < -0.4 is 30.7 Å². The number of nitrogens with zero attached hydrogens (tertiary/aromatic N) is 6. The van der Waals surface area contributed by atoms with Crippen LogP contribution in [0.5, 0.6) is 23.1 Å². The average molecular weight is 857 g/mol. The molecule has 9 aromatic rings. The number of hydrogen-bond donors (Lipinski definition) is 4. The number of nitrogens with one attached hydrogen (secondary N) is 4. The summed E-state index contributed by atoms with van der Waals surface area (Å²) in [5, 5.41) is 13.5. The molecule has 3 aromatic carbocycles. The van der Waals surface area contributed by atoms with Crippen LogP contribution in [0.3, 0.4) is 0 Å². The first-order valence-corrected chi connectivity index (χ1v) is 20.6. The van der Waals surface area contributed by atoms with Gasteiger partial charge in [0.15, 0.2) is 0 Å². The summed E-state index contributed by atoms with van der Waals surface area (Å²) in [6.45, 7) is 3.92. The molecule has 65 heavy (non-hydrogen) atoms. The van der Waals surface area contributed by atoms with Crippen LogP contribution in [0.4, 0.5) is 34.3 Å². The van der Waals surface area contributed by atoms with E-state index in [4.69, 9.17) is 14.5 Å². The second kappa shape index (κ2) is 18.9. The van der Waals surface area contributed by atoms with Crippen LogP contribution in [-0.4, -0.2) is 41.7 Å². The van der Waals surface area contributed by atoms with Gasteiger partial charge in [-0.1, -0.05) is 12.1 Å². The van der Waals surface area contributed by atoms with Crippen molar-refractivity contribution in [1.29, 1.82) is 0 Å². The van der Waals surface area contributed by atoms with Crippen molar-refractivity contribution >= 4 is 57.0 Å². The minimum atomic E-state index is -0.314. The molecule has 14 nitrogen and oxygen atoms in total. The molecule has 4 N–H and O–H groups in total. The summed E-state index contributed by atoms with van der Waals surface area (Å²) in [4.78, 5) is 52.3. The number of ether oxygens (including phenoxy) is 2. The van der Waals surface area contributed by atoms with E-state index in [9.17, 15) is 9.59 Å². The van der Waals surface area contributed by atoms with E-state index in [-0.39, 0.29) is 11.8 Å². The number of amides is 2. The van der Waals surface area contributed by atoms with E-state index >= 15 is 0 Å². The van der Waals surface area contributed by atoms with E-state index in [0.29, 0.717) is 57.9 Å². The minimum absolute atomic E-state index is 0.222. The largest absolute Gasteiger partial charge is 0.457 e. The molecule has 0 spiro atoms. The first-order chi connectivity index (χ1) is 31.8. The van der Waals surface area contributed by atoms with E-state index in [1.165, 1.54) is 12.4 Å². The van der Waals surface area contributed by atoms with Gasteiger partial charge in [0.05, 0.1) is 28.7 Å². The Balaban J connectivity index is 0.786. The highest BCUT2D eigenvalue weighted by Crippen LogP contribution is 2.31. The summed E-state index contributed by atoms with van der Waals surface area (Å²) >= 11 is 0. The fourth-order valence-corrected chi connectivity index (χ4v) is 6.85. The fraction of sp³-hybridized carbons (Fsp3) is 0.0588. The van der Waals surface area contributed by atoms with Gasteiger partial charge in [0.2, 0.25) is 5.88 Å². The third-order valence-corrected chi connectivity index (χ3v) is 10.1. The van der Waals surface area contributed by atoms with E-state index in [2.05, 4.69) is 64.4 Å². The molecule has 0 saturated heterocycles. The number of aromatic nitrogens is 6. The third kappa shape index (κ3) is 10.5. The normalized spacial score (nSPS) is 10.8. The summed E-state index contributed by atoms with van der Waals surface area (Å²) < 4.78 is 11.9. The number of rotatable bonds is 14. The van der Waals surface area contributed by atoms with Gasteiger partial charge in [0.1, 0.15) is 23.1 Å². The Morgan fingerprint density at radius 2 is 1.25 bits per heavy atom. The molecule has 318 valence electrons. The Kier molecular flexibility index (Phi) is 12.0. The molecule has 0 aliphatic carbocycles. The van der Waals surface area contributed by atoms with Crippen LogP contribution in [0.25, 0.3) is 10.9 Å². The predicted molar refractivity (Wildman–Crippen MR) is 251 cm³/mol. The highest BCUT2D eigenvalue weighted by Gasteiger charge is 2.13. The summed E-state index contributed by atoms with van der Waals surface area (Å²) in [5.74, 6) is 2.35. The number of aryl methyl sites for hydroxylation is 2. The molecule has 0 fully saturated rings. The molecular formula is C51H40N10O4. The van der Waals surface area contributed by atoms with Crippen LogP contribution in [-0.2, 0) is 6.42 Å². The lowest BCUT2D eigenvalue weighted by Crippen LogP contribution is -2.12. The number of anilines is 6. The lowest BCUT2D eigenvalue weighted by molar-refractivity contribution is 0.101. The topological polar surface area (TPSA) is 178 Å². The molecule has 0 saturated carbocycles. The number of hydrogen-bond acceptors (Lipinski definition) is 12. The van der Waals surface area contributed by atoms with Gasteiger partial charge < -0.3 is 30.7 Å². The van der Waals surface area contributed by atoms with Crippen LogP contribution in [0, 0.1) is 13.8 Å². The maximum atomic E-state index is 13.1. The molecule has 6 heterocycles. The molecular weight excluding hydrogens is 817 g/mol. The summed E-state index contributed by atoms with van der Waals surface area (Å²) in [5.41, 5.74) is 9.23. The highest BCUT2D eigenvalue weighted by atomic mass is 16.5. The first-order valence-electron chi connectivity index (χ1n) is 20.6. The Bertz CT molecular complexity index is 3120. The fourth-order valence-electron chi connectivity index (χ4n) is 6.85. The zero-order chi connectivity index (χ0) is 44.5. The maximum Gasteiger partial charge on any atom is 0.257 e. The van der Waals surface area contributed by atoms with Gasteiger partial charge in [-0.15, -0.1) is 0 Å². The second-order valence-electron chi connectivity index (χ2n) is 15.0. The zero-order valence-corrected chi connectivity index (χ0v) is 35.2. The van der Waals surface area contributed by atoms with Gasteiger partial charge >= 0.3 is 0 Å². The van der Waals surface area contributed by atoms with Crippen molar-refractivity contribution < 1.29 is 19.1 Å². The highest BCUT2D eigenvalue weighted by molar-refractivity contribution is 6.05. The molecule has 0 radical (unpaired) electrons. The molecule has 2 amide bonds. The van der Waals surface area contributed by atoms with Crippen molar-refractivity contribution in [2.75, 3.05) is 21.3 Å². The average Bonchev–Trinajstić information content (AvgIpc) is 3.32. The zero-order valence-electron chi connectivity index (χ0n) is 35.2. The Morgan fingerprint density at radius 1 is 0.523 bits per heavy atom. The second-order valence-corrected chi connectivity index (χ2v) is 15.0. The molecule has 9 rings (SSSR count). The molecule has 14 heteroatoms. The Morgan fingerprint density at radius 3 is 2.02 bits per heavy atom. The lowest BCUT2D eigenvalue weighted by atomic mass is 10.0. The number of fused-ring (bicyclic) bond motifs is 1. The summed E-state index contributed by atoms with van der Waals surface area (Å²) in [6, 6.07) is 38.5. The van der Waals surface area contributed by atoms with Crippen LogP contribution in [0.1, 0.15) is 43.2 Å². The number of carbonyl (C=O) groups is 2. The molecule has 0 unspecified atom stereocenters. The maximum absolute atomic E-state index is 13.1. The van der Waals surface area contributed by atoms with Crippen molar-refractivity contribution in [3.63, 3.8) is 0 Å². The van der Waals surface area contributed by atoms with Crippen molar-refractivity contribution in [2.24, 2.45) is 0 Å². The van der Waals surface area contributed by atoms with Crippen LogP contribution >= 0.6 is 0 Å². The van der Waals surface area contributed by atoms with E-state index in [0.717, 1.165) is 50.5 Å². The van der Waals surface area contributed by atoms with Crippen molar-refractivity contribution in [3.05, 3.63) is 204 Å². The Labute approximate surface area is 373 Å². The van der Waals surface area contributed by atoms with Gasteiger partial charge in [-0.3, -0.25) is 29.5 Å². The molecule has 6 aromatic heterocycles. The quantitative estimate of drug-likeness (QED) is 0.0815. The summed E-state index contributed by atoms with van der Waals surface area (Å²) in [6.07, 6.45) is 12.2. The van der Waals surface area contributed by atoms with Gasteiger partial charge in [0, 0.05) is 95.1 Å². The van der Waals surface area contributed by atoms with Gasteiger partial charge in [0.25, 0.3) is 11.8 Å². The van der Waals surface area contributed by atoms with Crippen molar-refractivity contribution in [1.82, 2.24) is 29.9 Å². The van der Waals surface area contributed by atoms with Crippen molar-refractivity contribution in [2.45, 2.75) is 20.3 Å². The van der Waals surface area contributed by atoms with Crippen molar-refractivity contribution in [3.8, 4) is 23.1 Å². The van der Waals surface area contributed by atoms with E-state index < -0.39 is 0 Å². The predicted octanol–water partition coefficient (Wildman–Crippen LogP) is 11.0. The SMILES string of the molecule is Cc1cc(Nc2ccc(C(=O)Nc3ccc(Oc4ccnc(Cc5ccc6c(Nc7ccc(C(=O)Nc8ccc(Oc9ccncc9)cc8)cc7)c(C)cnc6c5)c4)nc3)cn2)ccn1. The molecule has 0 aliphatic heterocycles. The minimum Gasteiger partial charge on any atom is -0.457 e. The molecule has 0 bridgehead atoms. The number of benzene rings is 3. The first kappa shape index (κ1) is 41.3. The van der Waals surface area contributed by atoms with Gasteiger partial charge in [-0.2, -0.15) is 0 Å².